The summed E-state index contributed by atoms with van der Waals surface area (Å²) in [6, 6.07) is 22.3. The molecule has 0 bridgehead atoms. The number of rotatable bonds is 6. The first-order chi connectivity index (χ1) is 14.4. The maximum Gasteiger partial charge on any atom is 0.231 e. The van der Waals surface area contributed by atoms with E-state index >= 15 is 0 Å². The van der Waals surface area contributed by atoms with Crippen LogP contribution in [0.3, 0.4) is 0 Å². The summed E-state index contributed by atoms with van der Waals surface area (Å²) in [7, 11) is 0. The number of nitrogens with one attached hydrogen (secondary N) is 1. The number of thiazole rings is 1. The molecule has 2 aromatic heterocycles. The van der Waals surface area contributed by atoms with E-state index in [0.717, 1.165) is 33.5 Å². The molecule has 0 saturated carbocycles. The van der Waals surface area contributed by atoms with Crippen molar-refractivity contribution >= 4 is 11.3 Å². The average Bonchev–Trinajstić information content (AvgIpc) is 3.44. The summed E-state index contributed by atoms with van der Waals surface area (Å²) in [6.45, 7) is 0.928. The zero-order valence-electron chi connectivity index (χ0n) is 15.6. The van der Waals surface area contributed by atoms with Gasteiger partial charge in [-0.2, -0.15) is 0 Å². The van der Waals surface area contributed by atoms with Crippen LogP contribution in [0.5, 0.6) is 11.5 Å². The Bertz CT molecular complexity index is 1060. The molecular weight excluding hydrogens is 382 g/mol. The predicted octanol–water partition coefficient (Wildman–Crippen LogP) is 4.81. The number of hydrogen-bond acceptors (Lipinski definition) is 6. The van der Waals surface area contributed by atoms with Gasteiger partial charge in [0.05, 0.1) is 17.4 Å². The molecule has 1 N–H and O–H groups in total. The van der Waals surface area contributed by atoms with Gasteiger partial charge in [-0.05, 0) is 35.9 Å². The van der Waals surface area contributed by atoms with Gasteiger partial charge in [-0.1, -0.05) is 36.4 Å². The standard InChI is InChI=1S/C23H19N3O2S/c1-2-6-16(7-3-1)22(19-8-4-5-11-24-19)25-13-18-14-29-23(26-18)17-9-10-20-21(12-17)28-15-27-20/h1-12,14,22,25H,13,15H2. The van der Waals surface area contributed by atoms with Crippen molar-refractivity contribution in [3.8, 4) is 22.1 Å². The minimum Gasteiger partial charge on any atom is -0.454 e. The summed E-state index contributed by atoms with van der Waals surface area (Å²) in [5.74, 6) is 1.56. The van der Waals surface area contributed by atoms with E-state index in [9.17, 15) is 0 Å². The summed E-state index contributed by atoms with van der Waals surface area (Å²) in [4.78, 5) is 9.35. The predicted molar refractivity (Wildman–Crippen MR) is 113 cm³/mol. The minimum atomic E-state index is 0.00749. The lowest BCUT2D eigenvalue weighted by molar-refractivity contribution is 0.174. The van der Waals surface area contributed by atoms with E-state index in [2.05, 4.69) is 27.8 Å². The molecule has 1 unspecified atom stereocenters. The average molecular weight is 401 g/mol. The monoisotopic (exact) mass is 401 g/mol. The third kappa shape index (κ3) is 3.85. The maximum absolute atomic E-state index is 5.48. The van der Waals surface area contributed by atoms with Crippen molar-refractivity contribution in [3.63, 3.8) is 0 Å². The molecule has 0 aliphatic carbocycles. The number of nitrogens with zero attached hydrogens (tertiary/aromatic N) is 2. The summed E-state index contributed by atoms with van der Waals surface area (Å²) in [5.41, 5.74) is 4.21. The molecular formula is C23H19N3O2S. The van der Waals surface area contributed by atoms with Gasteiger partial charge in [0.15, 0.2) is 11.5 Å². The smallest absolute Gasteiger partial charge is 0.231 e. The van der Waals surface area contributed by atoms with Crippen LogP contribution in [0.15, 0.2) is 78.3 Å². The summed E-state index contributed by atoms with van der Waals surface area (Å²) < 4.78 is 10.9. The van der Waals surface area contributed by atoms with Crippen molar-refractivity contribution in [2.45, 2.75) is 12.6 Å². The van der Waals surface area contributed by atoms with Crippen molar-refractivity contribution in [1.82, 2.24) is 15.3 Å². The number of aromatic nitrogens is 2. The van der Waals surface area contributed by atoms with Crippen LogP contribution in [0.2, 0.25) is 0 Å². The lowest BCUT2D eigenvalue weighted by Gasteiger charge is -2.18. The van der Waals surface area contributed by atoms with Crippen molar-refractivity contribution < 1.29 is 9.47 Å². The van der Waals surface area contributed by atoms with Crippen LogP contribution in [0, 0.1) is 0 Å². The second-order valence-electron chi connectivity index (χ2n) is 6.69. The molecule has 0 saturated heterocycles. The van der Waals surface area contributed by atoms with Crippen molar-refractivity contribution in [2.75, 3.05) is 6.79 Å². The van der Waals surface area contributed by atoms with E-state index in [1.54, 1.807) is 11.3 Å². The van der Waals surface area contributed by atoms with Crippen LogP contribution >= 0.6 is 11.3 Å². The Morgan fingerprint density at radius 3 is 2.69 bits per heavy atom. The molecule has 0 radical (unpaired) electrons. The van der Waals surface area contributed by atoms with Crippen molar-refractivity contribution in [2.24, 2.45) is 0 Å². The van der Waals surface area contributed by atoms with Gasteiger partial charge in [0, 0.05) is 23.7 Å². The fourth-order valence-electron chi connectivity index (χ4n) is 3.34. The molecule has 6 heteroatoms. The molecule has 1 aliphatic heterocycles. The van der Waals surface area contributed by atoms with Crippen LogP contribution in [-0.4, -0.2) is 16.8 Å². The molecule has 0 fully saturated rings. The quantitative estimate of drug-likeness (QED) is 0.502. The molecule has 4 aromatic rings. The first-order valence-corrected chi connectivity index (χ1v) is 10.3. The van der Waals surface area contributed by atoms with Crippen LogP contribution in [0.4, 0.5) is 0 Å². The van der Waals surface area contributed by atoms with Crippen LogP contribution < -0.4 is 14.8 Å². The second-order valence-corrected chi connectivity index (χ2v) is 7.55. The highest BCUT2D eigenvalue weighted by Gasteiger charge is 2.17. The Morgan fingerprint density at radius 2 is 1.83 bits per heavy atom. The van der Waals surface area contributed by atoms with E-state index in [0.29, 0.717) is 6.54 Å². The molecule has 5 rings (SSSR count). The zero-order valence-corrected chi connectivity index (χ0v) is 16.4. The molecule has 3 heterocycles. The normalized spacial score (nSPS) is 13.4. The molecule has 2 aromatic carbocycles. The fraction of sp³-hybridized carbons (Fsp3) is 0.130. The fourth-order valence-corrected chi connectivity index (χ4v) is 4.16. The maximum atomic E-state index is 5.48. The Morgan fingerprint density at radius 1 is 0.966 bits per heavy atom. The molecule has 0 amide bonds. The van der Waals surface area contributed by atoms with E-state index in [1.165, 1.54) is 5.56 Å². The van der Waals surface area contributed by atoms with E-state index in [1.807, 2.05) is 60.8 Å². The lowest BCUT2D eigenvalue weighted by Crippen LogP contribution is -2.23. The molecule has 1 aliphatic rings. The van der Waals surface area contributed by atoms with Gasteiger partial charge >= 0.3 is 0 Å². The van der Waals surface area contributed by atoms with Gasteiger partial charge in [-0.15, -0.1) is 11.3 Å². The van der Waals surface area contributed by atoms with Gasteiger partial charge in [-0.3, -0.25) is 10.3 Å². The highest BCUT2D eigenvalue weighted by Crippen LogP contribution is 2.36. The van der Waals surface area contributed by atoms with E-state index in [-0.39, 0.29) is 12.8 Å². The number of ether oxygens (including phenoxy) is 2. The largest absolute Gasteiger partial charge is 0.454 e. The van der Waals surface area contributed by atoms with Crippen molar-refractivity contribution in [1.29, 1.82) is 0 Å². The van der Waals surface area contributed by atoms with Gasteiger partial charge in [0.1, 0.15) is 5.01 Å². The van der Waals surface area contributed by atoms with Crippen LogP contribution in [0.1, 0.15) is 23.0 Å². The summed E-state index contributed by atoms with van der Waals surface area (Å²) in [5, 5.41) is 6.67. The Hall–Kier alpha value is -3.22. The van der Waals surface area contributed by atoms with Gasteiger partial charge in [0.25, 0.3) is 0 Å². The molecule has 0 spiro atoms. The molecule has 29 heavy (non-hydrogen) atoms. The van der Waals surface area contributed by atoms with Crippen LogP contribution in [0.25, 0.3) is 10.6 Å². The molecule has 5 nitrogen and oxygen atoms in total. The van der Waals surface area contributed by atoms with Crippen LogP contribution in [-0.2, 0) is 6.54 Å². The Labute approximate surface area is 173 Å². The SMILES string of the molecule is c1ccc(C(NCc2csc(-c3ccc4c(c3)OCO4)n2)c2ccccn2)cc1. The van der Waals surface area contributed by atoms with Gasteiger partial charge in [0.2, 0.25) is 6.79 Å². The number of benzene rings is 2. The molecule has 144 valence electrons. The molecule has 1 atom stereocenters. The zero-order chi connectivity index (χ0) is 19.5. The second kappa shape index (κ2) is 8.03. The number of hydrogen-bond donors (Lipinski definition) is 1. The number of fused-ring (bicyclic) bond motifs is 1. The first kappa shape index (κ1) is 17.8. The Kier molecular flexibility index (Phi) is 4.94. The van der Waals surface area contributed by atoms with Gasteiger partial charge < -0.3 is 9.47 Å². The van der Waals surface area contributed by atoms with Gasteiger partial charge in [-0.25, -0.2) is 4.98 Å². The third-order valence-corrected chi connectivity index (χ3v) is 5.72. The van der Waals surface area contributed by atoms with Crippen molar-refractivity contribution in [3.05, 3.63) is 95.3 Å². The highest BCUT2D eigenvalue weighted by molar-refractivity contribution is 7.13. The third-order valence-electron chi connectivity index (χ3n) is 4.78. The number of pyridine rings is 1. The first-order valence-electron chi connectivity index (χ1n) is 9.40. The lowest BCUT2D eigenvalue weighted by atomic mass is 10.0. The van der Waals surface area contributed by atoms with E-state index in [4.69, 9.17) is 14.5 Å². The summed E-state index contributed by atoms with van der Waals surface area (Å²) in [6.07, 6.45) is 1.83. The topological polar surface area (TPSA) is 56.3 Å². The van der Waals surface area contributed by atoms with E-state index < -0.39 is 0 Å². The Balaban J connectivity index is 1.35. The minimum absolute atomic E-state index is 0.00749. The summed E-state index contributed by atoms with van der Waals surface area (Å²) >= 11 is 1.63. The highest BCUT2D eigenvalue weighted by atomic mass is 32.1.